The Labute approximate surface area is 173 Å². The molecule has 0 radical (unpaired) electrons. The maximum atomic E-state index is 13.1. The maximum absolute atomic E-state index is 13.1. The van der Waals surface area contributed by atoms with Gasteiger partial charge < -0.3 is 9.64 Å². The summed E-state index contributed by atoms with van der Waals surface area (Å²) in [6.07, 6.45) is 3.35. The van der Waals surface area contributed by atoms with E-state index in [9.17, 15) is 13.2 Å². The van der Waals surface area contributed by atoms with Crippen LogP contribution < -0.4 is 0 Å². The second-order valence-corrected chi connectivity index (χ2v) is 10.5. The van der Waals surface area contributed by atoms with Crippen LogP contribution in [0.3, 0.4) is 0 Å². The van der Waals surface area contributed by atoms with Gasteiger partial charge in [-0.25, -0.2) is 8.42 Å². The summed E-state index contributed by atoms with van der Waals surface area (Å²) < 4.78 is 33.4. The Morgan fingerprint density at radius 1 is 1.03 bits per heavy atom. The monoisotopic (exact) mass is 421 g/mol. The number of benzene rings is 1. The smallest absolute Gasteiger partial charge is 0.243 e. The van der Waals surface area contributed by atoms with E-state index in [1.54, 1.807) is 11.0 Å². The molecule has 2 heterocycles. The number of amides is 1. The van der Waals surface area contributed by atoms with E-state index in [2.05, 4.69) is 4.90 Å². The van der Waals surface area contributed by atoms with Crippen LogP contribution in [0.1, 0.15) is 31.4 Å². The summed E-state index contributed by atoms with van der Waals surface area (Å²) in [5.41, 5.74) is 2.43. The predicted octanol–water partition coefficient (Wildman–Crippen LogP) is 1.12. The van der Waals surface area contributed by atoms with Crippen molar-refractivity contribution in [3.05, 3.63) is 29.3 Å². The fourth-order valence-corrected chi connectivity index (χ4v) is 6.21. The second kappa shape index (κ2) is 8.34. The van der Waals surface area contributed by atoms with Crippen molar-refractivity contribution < 1.29 is 17.9 Å². The molecule has 0 aromatic heterocycles. The highest BCUT2D eigenvalue weighted by molar-refractivity contribution is 7.89. The van der Waals surface area contributed by atoms with Gasteiger partial charge in [-0.05, 0) is 56.4 Å². The molecule has 0 unspecified atom stereocenters. The van der Waals surface area contributed by atoms with Gasteiger partial charge in [0.25, 0.3) is 0 Å². The third-order valence-electron chi connectivity index (χ3n) is 6.15. The second-order valence-electron chi connectivity index (χ2n) is 8.52. The number of piperazine rings is 1. The average Bonchev–Trinajstić information content (AvgIpc) is 3.15. The number of hydrogen-bond acceptors (Lipinski definition) is 5. The van der Waals surface area contributed by atoms with Crippen LogP contribution >= 0.6 is 0 Å². The highest BCUT2D eigenvalue weighted by atomic mass is 32.2. The summed E-state index contributed by atoms with van der Waals surface area (Å²) in [7, 11) is -3.51. The van der Waals surface area contributed by atoms with Crippen molar-refractivity contribution in [2.24, 2.45) is 0 Å². The van der Waals surface area contributed by atoms with Gasteiger partial charge in [0.1, 0.15) is 0 Å². The fraction of sp³-hybridized carbons (Fsp3) is 0.667. The van der Waals surface area contributed by atoms with Crippen molar-refractivity contribution in [3.8, 4) is 0 Å². The molecule has 0 spiro atoms. The van der Waals surface area contributed by atoms with Crippen LogP contribution in [-0.4, -0.2) is 86.5 Å². The van der Waals surface area contributed by atoms with E-state index in [-0.39, 0.29) is 18.1 Å². The number of fused-ring (bicyclic) bond motifs is 1. The zero-order valence-electron chi connectivity index (χ0n) is 17.3. The molecule has 8 heteroatoms. The minimum absolute atomic E-state index is 0.0703. The van der Waals surface area contributed by atoms with Gasteiger partial charge in [0, 0.05) is 39.3 Å². The largest absolute Gasteiger partial charge is 0.373 e. The van der Waals surface area contributed by atoms with Crippen molar-refractivity contribution in [1.29, 1.82) is 0 Å². The summed E-state index contributed by atoms with van der Waals surface area (Å²) >= 11 is 0. The van der Waals surface area contributed by atoms with E-state index in [4.69, 9.17) is 4.74 Å². The van der Waals surface area contributed by atoms with Crippen LogP contribution in [-0.2, 0) is 32.4 Å². The lowest BCUT2D eigenvalue weighted by Gasteiger charge is -2.38. The van der Waals surface area contributed by atoms with Crippen molar-refractivity contribution in [1.82, 2.24) is 14.1 Å². The molecule has 0 bridgehead atoms. The lowest BCUT2D eigenvalue weighted by Crippen LogP contribution is -2.54. The lowest BCUT2D eigenvalue weighted by atomic mass is 10.1. The molecule has 1 aromatic rings. The molecule has 0 saturated carbocycles. The Kier molecular flexibility index (Phi) is 5.97. The van der Waals surface area contributed by atoms with Crippen LogP contribution in [0, 0.1) is 0 Å². The predicted molar refractivity (Wildman–Crippen MR) is 110 cm³/mol. The number of carbonyl (C=O) groups excluding carboxylic acids is 1. The maximum Gasteiger partial charge on any atom is 0.243 e. The van der Waals surface area contributed by atoms with Crippen LogP contribution in [0.4, 0.5) is 0 Å². The average molecular weight is 422 g/mol. The first-order valence-corrected chi connectivity index (χ1v) is 12.0. The van der Waals surface area contributed by atoms with E-state index in [1.165, 1.54) is 9.87 Å². The van der Waals surface area contributed by atoms with Crippen LogP contribution in [0.5, 0.6) is 0 Å². The molecule has 2 atom stereocenters. The number of carbonyl (C=O) groups is 1. The molecule has 2 saturated heterocycles. The molecule has 2 aliphatic heterocycles. The zero-order chi connectivity index (χ0) is 20.6. The van der Waals surface area contributed by atoms with Crippen LogP contribution in [0.25, 0.3) is 0 Å². The van der Waals surface area contributed by atoms with Gasteiger partial charge in [-0.1, -0.05) is 6.07 Å². The van der Waals surface area contributed by atoms with Crippen LogP contribution in [0.15, 0.2) is 23.1 Å². The molecule has 1 aliphatic carbocycles. The summed E-state index contributed by atoms with van der Waals surface area (Å²) in [5, 5.41) is 0. The molecule has 160 valence electrons. The molecular weight excluding hydrogens is 390 g/mol. The molecule has 0 N–H and O–H groups in total. The van der Waals surface area contributed by atoms with Gasteiger partial charge in [0.15, 0.2) is 0 Å². The van der Waals surface area contributed by atoms with Gasteiger partial charge >= 0.3 is 0 Å². The Morgan fingerprint density at radius 3 is 2.38 bits per heavy atom. The molecule has 4 rings (SSSR count). The Hall–Kier alpha value is -1.48. The van der Waals surface area contributed by atoms with Crippen molar-refractivity contribution >= 4 is 15.9 Å². The quantitative estimate of drug-likeness (QED) is 0.729. The van der Waals surface area contributed by atoms with E-state index in [0.717, 1.165) is 37.9 Å². The SMILES string of the molecule is C[C@H]1CN(CC(=O)N2CCN(S(=O)(=O)c3ccc4c(c3)CCC4)CC2)C[C@H](C)O1. The van der Waals surface area contributed by atoms with Gasteiger partial charge in [-0.3, -0.25) is 9.69 Å². The molecule has 1 amide bonds. The van der Waals surface area contributed by atoms with Gasteiger partial charge in [0.05, 0.1) is 23.6 Å². The molecule has 2 fully saturated rings. The number of morpholine rings is 1. The standard InChI is InChI=1S/C21H31N3O4S/c1-16-13-22(14-17(2)28-16)15-21(25)23-8-10-24(11-9-23)29(26,27)20-7-6-18-4-3-5-19(18)12-20/h6-7,12,16-17H,3-5,8-11,13-15H2,1-2H3/t16-,17-/m0/s1. The number of sulfonamides is 1. The number of aryl methyl sites for hydroxylation is 2. The van der Waals surface area contributed by atoms with Gasteiger partial charge in [0.2, 0.25) is 15.9 Å². The fourth-order valence-electron chi connectivity index (χ4n) is 4.74. The third kappa shape index (κ3) is 4.50. The molecule has 29 heavy (non-hydrogen) atoms. The van der Waals surface area contributed by atoms with Gasteiger partial charge in [-0.2, -0.15) is 4.31 Å². The van der Waals surface area contributed by atoms with E-state index < -0.39 is 10.0 Å². The summed E-state index contributed by atoms with van der Waals surface area (Å²) in [5.74, 6) is 0.0703. The number of ether oxygens (including phenoxy) is 1. The number of rotatable bonds is 4. The normalized spacial score (nSPS) is 26.5. The highest BCUT2D eigenvalue weighted by Crippen LogP contribution is 2.26. The highest BCUT2D eigenvalue weighted by Gasteiger charge is 2.32. The Balaban J connectivity index is 1.34. The van der Waals surface area contributed by atoms with E-state index >= 15 is 0 Å². The molecule has 3 aliphatic rings. The molecule has 7 nitrogen and oxygen atoms in total. The number of nitrogens with zero attached hydrogens (tertiary/aromatic N) is 3. The first kappa shape index (κ1) is 20.8. The molecule has 1 aromatic carbocycles. The topological polar surface area (TPSA) is 70.2 Å². The minimum Gasteiger partial charge on any atom is -0.373 e. The molecular formula is C21H31N3O4S. The lowest BCUT2D eigenvalue weighted by molar-refractivity contribution is -0.137. The zero-order valence-corrected chi connectivity index (χ0v) is 18.2. The van der Waals surface area contributed by atoms with Crippen molar-refractivity contribution in [3.63, 3.8) is 0 Å². The summed E-state index contributed by atoms with van der Waals surface area (Å²) in [6, 6.07) is 5.53. The minimum atomic E-state index is -3.51. The Morgan fingerprint density at radius 2 is 1.69 bits per heavy atom. The van der Waals surface area contributed by atoms with E-state index in [1.807, 2.05) is 26.0 Å². The third-order valence-corrected chi connectivity index (χ3v) is 8.05. The van der Waals surface area contributed by atoms with Gasteiger partial charge in [-0.15, -0.1) is 0 Å². The summed E-state index contributed by atoms with van der Waals surface area (Å²) in [4.78, 5) is 17.0. The van der Waals surface area contributed by atoms with Crippen molar-refractivity contribution in [2.75, 3.05) is 45.8 Å². The summed E-state index contributed by atoms with van der Waals surface area (Å²) in [6.45, 7) is 7.51. The van der Waals surface area contributed by atoms with Crippen LogP contribution in [0.2, 0.25) is 0 Å². The first-order valence-electron chi connectivity index (χ1n) is 10.6. The Bertz CT molecular complexity index is 855. The number of hydrogen-bond donors (Lipinski definition) is 0. The van der Waals surface area contributed by atoms with E-state index in [0.29, 0.717) is 37.6 Å². The van der Waals surface area contributed by atoms with Crippen molar-refractivity contribution in [2.45, 2.75) is 50.2 Å². The first-order chi connectivity index (χ1) is 13.8.